The number of rotatable bonds is 5. The SMILES string of the molecule is O=C(CN1NC(c2ccccc2)=CCC1=O)NCc1ccco1. The number of hydrogen-bond donors (Lipinski definition) is 2. The van der Waals surface area contributed by atoms with Crippen molar-refractivity contribution in [2.45, 2.75) is 13.0 Å². The molecule has 1 aromatic heterocycles. The van der Waals surface area contributed by atoms with Crippen molar-refractivity contribution in [1.82, 2.24) is 15.8 Å². The molecule has 0 bridgehead atoms. The van der Waals surface area contributed by atoms with Gasteiger partial charge in [0.25, 0.3) is 0 Å². The van der Waals surface area contributed by atoms with Crippen LogP contribution in [-0.4, -0.2) is 23.4 Å². The van der Waals surface area contributed by atoms with Gasteiger partial charge in [-0.25, -0.2) is 5.01 Å². The van der Waals surface area contributed by atoms with Crippen LogP contribution < -0.4 is 10.7 Å². The van der Waals surface area contributed by atoms with Crippen LogP contribution in [-0.2, 0) is 16.1 Å². The van der Waals surface area contributed by atoms with Crippen molar-refractivity contribution in [3.63, 3.8) is 0 Å². The number of nitrogens with one attached hydrogen (secondary N) is 2. The second-order valence-electron chi connectivity index (χ2n) is 5.14. The summed E-state index contributed by atoms with van der Waals surface area (Å²) in [4.78, 5) is 23.9. The highest BCUT2D eigenvalue weighted by Gasteiger charge is 2.21. The van der Waals surface area contributed by atoms with Crippen molar-refractivity contribution in [2.24, 2.45) is 0 Å². The van der Waals surface area contributed by atoms with Crippen LogP contribution in [0.4, 0.5) is 0 Å². The van der Waals surface area contributed by atoms with E-state index in [1.807, 2.05) is 36.4 Å². The smallest absolute Gasteiger partial charge is 0.245 e. The molecule has 1 aromatic carbocycles. The van der Waals surface area contributed by atoms with Gasteiger partial charge in [0.1, 0.15) is 12.3 Å². The van der Waals surface area contributed by atoms with E-state index in [0.29, 0.717) is 12.3 Å². The molecule has 118 valence electrons. The predicted octanol–water partition coefficient (Wildman–Crippen LogP) is 1.67. The lowest BCUT2D eigenvalue weighted by atomic mass is 10.1. The molecule has 0 unspecified atom stereocenters. The lowest BCUT2D eigenvalue weighted by Crippen LogP contribution is -2.49. The van der Waals surface area contributed by atoms with Gasteiger partial charge in [-0.2, -0.15) is 0 Å². The molecule has 2 aromatic rings. The van der Waals surface area contributed by atoms with Crippen LogP contribution >= 0.6 is 0 Å². The molecular weight excluding hydrogens is 294 g/mol. The molecular formula is C17H17N3O3. The fourth-order valence-electron chi connectivity index (χ4n) is 2.28. The second kappa shape index (κ2) is 6.83. The lowest BCUT2D eigenvalue weighted by Gasteiger charge is -2.28. The molecule has 2 N–H and O–H groups in total. The standard InChI is InChI=1S/C17H17N3O3/c21-16(18-11-14-7-4-10-23-14)12-20-17(22)9-8-15(19-20)13-5-2-1-3-6-13/h1-8,10,19H,9,11-12H2,(H,18,21). The van der Waals surface area contributed by atoms with Gasteiger partial charge in [0.05, 0.1) is 18.5 Å². The summed E-state index contributed by atoms with van der Waals surface area (Å²) in [6, 6.07) is 13.2. The van der Waals surface area contributed by atoms with Crippen molar-refractivity contribution in [3.05, 3.63) is 66.1 Å². The number of amides is 2. The van der Waals surface area contributed by atoms with Crippen LogP contribution in [0.25, 0.3) is 5.70 Å². The molecule has 2 amide bonds. The highest BCUT2D eigenvalue weighted by Crippen LogP contribution is 2.16. The van der Waals surface area contributed by atoms with Crippen molar-refractivity contribution < 1.29 is 14.0 Å². The van der Waals surface area contributed by atoms with E-state index in [9.17, 15) is 9.59 Å². The summed E-state index contributed by atoms with van der Waals surface area (Å²) in [5, 5.41) is 4.05. The summed E-state index contributed by atoms with van der Waals surface area (Å²) < 4.78 is 5.15. The molecule has 6 heteroatoms. The molecule has 3 rings (SSSR count). The highest BCUT2D eigenvalue weighted by molar-refractivity contribution is 5.88. The zero-order chi connectivity index (χ0) is 16.1. The Morgan fingerprint density at radius 2 is 2.04 bits per heavy atom. The summed E-state index contributed by atoms with van der Waals surface area (Å²) in [6.45, 7) is 0.249. The van der Waals surface area contributed by atoms with Crippen molar-refractivity contribution >= 4 is 17.5 Å². The van der Waals surface area contributed by atoms with E-state index in [0.717, 1.165) is 11.3 Å². The first-order chi connectivity index (χ1) is 11.2. The van der Waals surface area contributed by atoms with E-state index >= 15 is 0 Å². The fourth-order valence-corrected chi connectivity index (χ4v) is 2.28. The van der Waals surface area contributed by atoms with Gasteiger partial charge >= 0.3 is 0 Å². The minimum Gasteiger partial charge on any atom is -0.467 e. The Hall–Kier alpha value is -3.02. The first kappa shape index (κ1) is 14.9. The summed E-state index contributed by atoms with van der Waals surface area (Å²) >= 11 is 0. The zero-order valence-electron chi connectivity index (χ0n) is 12.5. The quantitative estimate of drug-likeness (QED) is 0.881. The average Bonchev–Trinajstić information content (AvgIpc) is 3.09. The zero-order valence-corrected chi connectivity index (χ0v) is 12.5. The highest BCUT2D eigenvalue weighted by atomic mass is 16.3. The number of carbonyl (C=O) groups is 2. The van der Waals surface area contributed by atoms with Gasteiger partial charge < -0.3 is 9.73 Å². The minimum atomic E-state index is -0.253. The number of nitrogens with zero attached hydrogens (tertiary/aromatic N) is 1. The van der Waals surface area contributed by atoms with Gasteiger partial charge in [0, 0.05) is 6.42 Å². The third-order valence-electron chi connectivity index (χ3n) is 3.46. The Balaban J connectivity index is 1.58. The molecule has 0 fully saturated rings. The molecule has 23 heavy (non-hydrogen) atoms. The van der Waals surface area contributed by atoms with Gasteiger partial charge in [-0.15, -0.1) is 0 Å². The third kappa shape index (κ3) is 3.79. The van der Waals surface area contributed by atoms with E-state index in [2.05, 4.69) is 10.7 Å². The van der Waals surface area contributed by atoms with Crippen molar-refractivity contribution in [1.29, 1.82) is 0 Å². The Labute approximate surface area is 133 Å². The minimum absolute atomic E-state index is 0.0519. The molecule has 0 saturated carbocycles. The van der Waals surface area contributed by atoms with E-state index in [4.69, 9.17) is 4.42 Å². The number of hydrogen-bond acceptors (Lipinski definition) is 4. The Bertz CT molecular complexity index is 708. The largest absolute Gasteiger partial charge is 0.467 e. The first-order valence-corrected chi connectivity index (χ1v) is 7.34. The Morgan fingerprint density at radius 1 is 1.22 bits per heavy atom. The van der Waals surface area contributed by atoms with Gasteiger partial charge in [-0.1, -0.05) is 30.3 Å². The van der Waals surface area contributed by atoms with Crippen LogP contribution in [0.15, 0.2) is 59.2 Å². The van der Waals surface area contributed by atoms with Crippen molar-refractivity contribution in [2.75, 3.05) is 6.54 Å². The Morgan fingerprint density at radius 3 is 2.78 bits per heavy atom. The molecule has 6 nitrogen and oxygen atoms in total. The topological polar surface area (TPSA) is 74.6 Å². The molecule has 2 heterocycles. The molecule has 1 aliphatic rings. The normalized spacial score (nSPS) is 14.2. The van der Waals surface area contributed by atoms with E-state index in [-0.39, 0.29) is 24.8 Å². The maximum atomic E-state index is 12.0. The molecule has 0 radical (unpaired) electrons. The first-order valence-electron chi connectivity index (χ1n) is 7.34. The lowest BCUT2D eigenvalue weighted by molar-refractivity contribution is -0.138. The number of furan rings is 1. The fraction of sp³-hybridized carbons (Fsp3) is 0.176. The summed E-state index contributed by atoms with van der Waals surface area (Å²) in [5.41, 5.74) is 4.80. The third-order valence-corrected chi connectivity index (χ3v) is 3.46. The summed E-state index contributed by atoms with van der Waals surface area (Å²) in [7, 11) is 0. The number of carbonyl (C=O) groups excluding carboxylic acids is 2. The molecule has 0 spiro atoms. The van der Waals surface area contributed by atoms with Crippen LogP contribution in [0.2, 0.25) is 0 Å². The maximum Gasteiger partial charge on any atom is 0.245 e. The summed E-state index contributed by atoms with van der Waals surface area (Å²) in [6.07, 6.45) is 3.64. The monoisotopic (exact) mass is 311 g/mol. The molecule has 1 aliphatic heterocycles. The number of hydrazine groups is 1. The van der Waals surface area contributed by atoms with Gasteiger partial charge in [-0.3, -0.25) is 15.0 Å². The number of benzene rings is 1. The van der Waals surface area contributed by atoms with Gasteiger partial charge in [-0.05, 0) is 23.8 Å². The van der Waals surface area contributed by atoms with E-state index in [1.165, 1.54) is 5.01 Å². The predicted molar refractivity (Wildman–Crippen MR) is 84.4 cm³/mol. The van der Waals surface area contributed by atoms with Crippen molar-refractivity contribution in [3.8, 4) is 0 Å². The summed E-state index contributed by atoms with van der Waals surface area (Å²) in [5.74, 6) is 0.274. The second-order valence-corrected chi connectivity index (χ2v) is 5.14. The van der Waals surface area contributed by atoms with Crippen LogP contribution in [0.1, 0.15) is 17.7 Å². The van der Waals surface area contributed by atoms with Gasteiger partial charge in [0.15, 0.2) is 0 Å². The molecule has 0 saturated heterocycles. The molecule has 0 atom stereocenters. The van der Waals surface area contributed by atoms with Crippen LogP contribution in [0.3, 0.4) is 0 Å². The van der Waals surface area contributed by atoms with Gasteiger partial charge in [0.2, 0.25) is 11.8 Å². The average molecular weight is 311 g/mol. The van der Waals surface area contributed by atoms with E-state index < -0.39 is 0 Å². The van der Waals surface area contributed by atoms with Crippen LogP contribution in [0, 0.1) is 0 Å². The van der Waals surface area contributed by atoms with Crippen LogP contribution in [0.5, 0.6) is 0 Å². The Kier molecular flexibility index (Phi) is 4.42. The molecule has 0 aliphatic carbocycles. The maximum absolute atomic E-state index is 12.0. The van der Waals surface area contributed by atoms with E-state index in [1.54, 1.807) is 18.4 Å².